The number of nitro benzene ring substituents is 1. The van der Waals surface area contributed by atoms with Crippen LogP contribution in [0, 0.1) is 10.1 Å². The Labute approximate surface area is 119 Å². The van der Waals surface area contributed by atoms with E-state index in [0.717, 1.165) is 0 Å². The number of non-ortho nitro benzene ring substituents is 1. The topological polar surface area (TPSA) is 87.4 Å². The van der Waals surface area contributed by atoms with Gasteiger partial charge in [-0.1, -0.05) is 13.8 Å². The molecule has 0 fully saturated rings. The Kier molecular flexibility index (Phi) is 5.76. The van der Waals surface area contributed by atoms with Crippen LogP contribution in [0.15, 0.2) is 18.2 Å². The maximum atomic E-state index is 10.9. The minimum absolute atomic E-state index is 0.0301. The largest absolute Gasteiger partial charge is 0.388 e. The van der Waals surface area contributed by atoms with Crippen LogP contribution in [-0.2, 0) is 0 Å². The minimum Gasteiger partial charge on any atom is -0.388 e. The summed E-state index contributed by atoms with van der Waals surface area (Å²) in [6.07, 6.45) is 1.26. The van der Waals surface area contributed by atoms with E-state index in [9.17, 15) is 15.2 Å². The first-order valence-corrected chi connectivity index (χ1v) is 6.93. The molecule has 1 rings (SSSR count). The molecule has 112 valence electrons. The lowest BCUT2D eigenvalue weighted by Gasteiger charge is -2.26. The van der Waals surface area contributed by atoms with Gasteiger partial charge in [0.2, 0.25) is 0 Å². The number of nitrogens with one attached hydrogen (secondary N) is 2. The van der Waals surface area contributed by atoms with Crippen LogP contribution in [0.1, 0.15) is 33.6 Å². The Morgan fingerprint density at radius 2 is 1.70 bits per heavy atom. The molecule has 0 bridgehead atoms. The van der Waals surface area contributed by atoms with E-state index in [2.05, 4.69) is 10.6 Å². The number of nitro groups is 1. The standard InChI is InChI=1S/C14H23N3O3/c1-4-14(18,5-2)10-16-12-7-11(15-6-3)8-13(9-12)17(19)20/h7-9,15-16,18H,4-6,10H2,1-3H3. The highest BCUT2D eigenvalue weighted by molar-refractivity contribution is 5.63. The van der Waals surface area contributed by atoms with Gasteiger partial charge in [-0.05, 0) is 25.8 Å². The lowest BCUT2D eigenvalue weighted by Crippen LogP contribution is -2.35. The average Bonchev–Trinajstić information content (AvgIpc) is 2.45. The zero-order valence-corrected chi connectivity index (χ0v) is 12.3. The fraction of sp³-hybridized carbons (Fsp3) is 0.571. The normalized spacial score (nSPS) is 11.2. The predicted octanol–water partition coefficient (Wildman–Crippen LogP) is 2.99. The highest BCUT2D eigenvalue weighted by atomic mass is 16.6. The third kappa shape index (κ3) is 4.38. The number of hydrogen-bond acceptors (Lipinski definition) is 5. The fourth-order valence-electron chi connectivity index (χ4n) is 1.89. The van der Waals surface area contributed by atoms with Crippen LogP contribution in [0.25, 0.3) is 0 Å². The van der Waals surface area contributed by atoms with Gasteiger partial charge in [0.15, 0.2) is 0 Å². The van der Waals surface area contributed by atoms with E-state index >= 15 is 0 Å². The second kappa shape index (κ2) is 7.09. The Bertz CT molecular complexity index is 459. The van der Waals surface area contributed by atoms with Gasteiger partial charge >= 0.3 is 0 Å². The van der Waals surface area contributed by atoms with Crippen LogP contribution >= 0.6 is 0 Å². The van der Waals surface area contributed by atoms with Gasteiger partial charge in [-0.3, -0.25) is 10.1 Å². The van der Waals surface area contributed by atoms with Crippen molar-refractivity contribution in [3.05, 3.63) is 28.3 Å². The first-order chi connectivity index (χ1) is 9.44. The molecule has 0 atom stereocenters. The molecule has 0 aliphatic heterocycles. The quantitative estimate of drug-likeness (QED) is 0.503. The summed E-state index contributed by atoms with van der Waals surface area (Å²) >= 11 is 0. The van der Waals surface area contributed by atoms with Crippen molar-refractivity contribution >= 4 is 17.1 Å². The Morgan fingerprint density at radius 1 is 1.15 bits per heavy atom. The summed E-state index contributed by atoms with van der Waals surface area (Å²) in [7, 11) is 0. The molecule has 0 saturated carbocycles. The highest BCUT2D eigenvalue weighted by Crippen LogP contribution is 2.25. The van der Waals surface area contributed by atoms with Gasteiger partial charge in [0.25, 0.3) is 5.69 Å². The number of nitrogens with zero attached hydrogens (tertiary/aromatic N) is 1. The molecule has 3 N–H and O–H groups in total. The molecule has 0 aliphatic carbocycles. The average molecular weight is 281 g/mol. The molecular formula is C14H23N3O3. The minimum atomic E-state index is -0.789. The molecule has 1 aromatic carbocycles. The van der Waals surface area contributed by atoms with E-state index in [1.807, 2.05) is 26.8 Å². The molecule has 1 aromatic rings. The van der Waals surface area contributed by atoms with Crippen molar-refractivity contribution in [2.24, 2.45) is 0 Å². The molecule has 0 aliphatic rings. The Balaban J connectivity index is 2.91. The van der Waals surface area contributed by atoms with Crippen molar-refractivity contribution < 1.29 is 10.0 Å². The summed E-state index contributed by atoms with van der Waals surface area (Å²) in [6, 6.07) is 4.79. The van der Waals surface area contributed by atoms with Gasteiger partial charge in [-0.15, -0.1) is 0 Å². The van der Waals surface area contributed by atoms with Gasteiger partial charge in [-0.25, -0.2) is 0 Å². The van der Waals surface area contributed by atoms with Crippen molar-refractivity contribution in [3.8, 4) is 0 Å². The Hall–Kier alpha value is -1.82. The van der Waals surface area contributed by atoms with Crippen molar-refractivity contribution in [1.82, 2.24) is 0 Å². The van der Waals surface area contributed by atoms with Gasteiger partial charge < -0.3 is 15.7 Å². The van der Waals surface area contributed by atoms with Crippen molar-refractivity contribution in [1.29, 1.82) is 0 Å². The second-order valence-corrected chi connectivity index (χ2v) is 4.84. The SMILES string of the molecule is CCNc1cc(NCC(O)(CC)CC)cc([N+](=O)[O-])c1. The summed E-state index contributed by atoms with van der Waals surface area (Å²) in [5.41, 5.74) is 0.571. The summed E-state index contributed by atoms with van der Waals surface area (Å²) in [4.78, 5) is 10.5. The zero-order valence-electron chi connectivity index (χ0n) is 12.3. The molecule has 6 nitrogen and oxygen atoms in total. The van der Waals surface area contributed by atoms with Crippen LogP contribution in [0.5, 0.6) is 0 Å². The van der Waals surface area contributed by atoms with Crippen LogP contribution < -0.4 is 10.6 Å². The van der Waals surface area contributed by atoms with E-state index in [1.165, 1.54) is 12.1 Å². The summed E-state index contributed by atoms with van der Waals surface area (Å²) in [5.74, 6) is 0. The highest BCUT2D eigenvalue weighted by Gasteiger charge is 2.22. The van der Waals surface area contributed by atoms with Crippen LogP contribution in [-0.4, -0.2) is 28.7 Å². The number of hydrogen-bond donors (Lipinski definition) is 3. The maximum Gasteiger partial charge on any atom is 0.273 e. The van der Waals surface area contributed by atoms with Gasteiger partial charge in [-0.2, -0.15) is 0 Å². The second-order valence-electron chi connectivity index (χ2n) is 4.84. The van der Waals surface area contributed by atoms with Crippen molar-refractivity contribution in [2.45, 2.75) is 39.2 Å². The first kappa shape index (κ1) is 16.2. The van der Waals surface area contributed by atoms with E-state index in [-0.39, 0.29) is 5.69 Å². The predicted molar refractivity (Wildman–Crippen MR) is 81.3 cm³/mol. The first-order valence-electron chi connectivity index (χ1n) is 6.93. The van der Waals surface area contributed by atoms with Crippen LogP contribution in [0.2, 0.25) is 0 Å². The van der Waals surface area contributed by atoms with E-state index in [0.29, 0.717) is 37.3 Å². The number of rotatable bonds is 8. The molecule has 0 radical (unpaired) electrons. The summed E-state index contributed by atoms with van der Waals surface area (Å²) < 4.78 is 0. The van der Waals surface area contributed by atoms with Gasteiger partial charge in [0, 0.05) is 36.6 Å². The molecular weight excluding hydrogens is 258 g/mol. The molecule has 6 heteroatoms. The van der Waals surface area contributed by atoms with E-state index in [1.54, 1.807) is 0 Å². The number of aliphatic hydroxyl groups is 1. The summed E-state index contributed by atoms with van der Waals surface area (Å²) in [6.45, 7) is 6.82. The Morgan fingerprint density at radius 3 is 2.15 bits per heavy atom. The van der Waals surface area contributed by atoms with E-state index in [4.69, 9.17) is 0 Å². The van der Waals surface area contributed by atoms with Crippen LogP contribution in [0.4, 0.5) is 17.1 Å². The molecule has 20 heavy (non-hydrogen) atoms. The molecule has 0 spiro atoms. The fourth-order valence-corrected chi connectivity index (χ4v) is 1.89. The zero-order chi connectivity index (χ0) is 15.2. The van der Waals surface area contributed by atoms with Crippen molar-refractivity contribution in [2.75, 3.05) is 23.7 Å². The van der Waals surface area contributed by atoms with E-state index < -0.39 is 10.5 Å². The number of benzene rings is 1. The van der Waals surface area contributed by atoms with Gasteiger partial charge in [0.05, 0.1) is 10.5 Å². The monoisotopic (exact) mass is 281 g/mol. The lowest BCUT2D eigenvalue weighted by molar-refractivity contribution is -0.384. The smallest absolute Gasteiger partial charge is 0.273 e. The summed E-state index contributed by atoms with van der Waals surface area (Å²) in [5, 5.41) is 27.3. The van der Waals surface area contributed by atoms with Crippen LogP contribution in [0.3, 0.4) is 0 Å². The van der Waals surface area contributed by atoms with Gasteiger partial charge in [0.1, 0.15) is 0 Å². The molecule has 0 unspecified atom stereocenters. The molecule has 0 saturated heterocycles. The maximum absolute atomic E-state index is 10.9. The molecule has 0 amide bonds. The third-order valence-corrected chi connectivity index (χ3v) is 3.45. The van der Waals surface area contributed by atoms with Crippen molar-refractivity contribution in [3.63, 3.8) is 0 Å². The number of anilines is 2. The molecule has 0 heterocycles. The molecule has 0 aromatic heterocycles. The third-order valence-electron chi connectivity index (χ3n) is 3.45. The lowest BCUT2D eigenvalue weighted by atomic mass is 9.97.